The van der Waals surface area contributed by atoms with Crippen LogP contribution in [0, 0.1) is 18.3 Å². The van der Waals surface area contributed by atoms with Crippen molar-refractivity contribution >= 4 is 29.0 Å². The summed E-state index contributed by atoms with van der Waals surface area (Å²) in [5, 5.41) is 38.5. The fourth-order valence-corrected chi connectivity index (χ4v) is 6.38. The highest BCUT2D eigenvalue weighted by Crippen LogP contribution is 2.66. The van der Waals surface area contributed by atoms with E-state index < -0.39 is 53.6 Å². The van der Waals surface area contributed by atoms with Gasteiger partial charge in [-0.2, -0.15) is 19.0 Å². The molecule has 0 amide bonds. The predicted molar refractivity (Wildman–Crippen MR) is 110 cm³/mol. The average molecular weight is 571 g/mol. The number of aliphatic hydroxyl groups excluding tert-OH is 2. The molecule has 1 fully saturated rings. The van der Waals surface area contributed by atoms with Gasteiger partial charge >= 0.3 is 23.5 Å². The maximum absolute atomic E-state index is 12.1. The molecule has 3 rings (SSSR count). The van der Waals surface area contributed by atoms with Crippen LogP contribution in [0.15, 0.2) is 23.6 Å². The summed E-state index contributed by atoms with van der Waals surface area (Å²) in [5.74, 6) is 0. The SMILES string of the molecule is Cc1ncnn2c([C@]3(C#N)O[C@@](COP(=O)(O)OP(=O)(O)OP(=O)(O)O)(N=[N+]=[N-])[C@@H](O)[C@H]3O)ccc12. The summed E-state index contributed by atoms with van der Waals surface area (Å²) in [4.78, 5) is 42.5. The van der Waals surface area contributed by atoms with Gasteiger partial charge in [-0.25, -0.2) is 23.2 Å². The lowest BCUT2D eigenvalue weighted by atomic mass is 9.91. The van der Waals surface area contributed by atoms with Crippen molar-refractivity contribution in [3.63, 3.8) is 0 Å². The molecule has 1 aliphatic rings. The summed E-state index contributed by atoms with van der Waals surface area (Å²) >= 11 is 0. The Labute approximate surface area is 199 Å². The second-order valence-electron chi connectivity index (χ2n) is 7.10. The number of nitriles is 1. The highest BCUT2D eigenvalue weighted by molar-refractivity contribution is 7.66. The lowest BCUT2D eigenvalue weighted by Crippen LogP contribution is -2.45. The van der Waals surface area contributed by atoms with Crippen LogP contribution in [0.25, 0.3) is 16.0 Å². The Balaban J connectivity index is 1.97. The van der Waals surface area contributed by atoms with Crippen molar-refractivity contribution in [3.05, 3.63) is 40.3 Å². The molecule has 6 N–H and O–H groups in total. The Morgan fingerprint density at radius 2 is 1.89 bits per heavy atom. The Kier molecular flexibility index (Phi) is 7.50. The van der Waals surface area contributed by atoms with Gasteiger partial charge in [0, 0.05) is 4.91 Å². The van der Waals surface area contributed by atoms with Gasteiger partial charge in [-0.05, 0) is 24.6 Å². The molecule has 36 heavy (non-hydrogen) atoms. The zero-order valence-electron chi connectivity index (χ0n) is 17.6. The van der Waals surface area contributed by atoms with Crippen molar-refractivity contribution in [1.29, 1.82) is 5.26 Å². The molecule has 0 saturated carbocycles. The first kappa shape index (κ1) is 28.3. The first-order valence-electron chi connectivity index (χ1n) is 9.13. The van der Waals surface area contributed by atoms with Gasteiger partial charge in [0.05, 0.1) is 23.5 Å². The highest BCUT2D eigenvalue weighted by atomic mass is 31.3. The minimum absolute atomic E-state index is 0.176. The van der Waals surface area contributed by atoms with E-state index in [9.17, 15) is 39.0 Å². The third-order valence-corrected chi connectivity index (χ3v) is 8.55. The van der Waals surface area contributed by atoms with Gasteiger partial charge in [0.2, 0.25) is 11.3 Å². The van der Waals surface area contributed by atoms with E-state index in [4.69, 9.17) is 20.1 Å². The number of aromatic nitrogens is 3. The number of aliphatic hydroxyl groups is 2. The summed E-state index contributed by atoms with van der Waals surface area (Å²) < 4.78 is 52.5. The Morgan fingerprint density at radius 1 is 1.22 bits per heavy atom. The lowest BCUT2D eigenvalue weighted by Gasteiger charge is -2.28. The van der Waals surface area contributed by atoms with Crippen LogP contribution < -0.4 is 0 Å². The van der Waals surface area contributed by atoms with Gasteiger partial charge in [0.25, 0.3) is 0 Å². The van der Waals surface area contributed by atoms with E-state index in [0.29, 0.717) is 11.2 Å². The third-order valence-electron chi connectivity index (χ3n) is 4.77. The van der Waals surface area contributed by atoms with Crippen LogP contribution in [0.3, 0.4) is 0 Å². The standard InChI is InChI=1S/C13H16N7O13P3/c1-7-8-2-3-9(20(8)17-6-16-7)12(4-14)10(21)11(22)13(31-12,18-19-15)5-30-35(26,27)33-36(28,29)32-34(23,24)25/h2-3,6,10-11,21-22H,5H2,1H3,(H,26,27)(H,28,29)(H2,23,24,25)/t10-,11+,12+,13-/m1/s1. The van der Waals surface area contributed by atoms with E-state index in [0.717, 1.165) is 10.8 Å². The minimum atomic E-state index is -5.89. The summed E-state index contributed by atoms with van der Waals surface area (Å²) in [6.45, 7) is 0.118. The van der Waals surface area contributed by atoms with Crippen molar-refractivity contribution < 1.29 is 61.4 Å². The van der Waals surface area contributed by atoms with Crippen LogP contribution in [0.4, 0.5) is 0 Å². The summed E-state index contributed by atoms with van der Waals surface area (Å²) in [5.41, 5.74) is 4.29. The van der Waals surface area contributed by atoms with Crippen LogP contribution in [0.5, 0.6) is 0 Å². The number of hydrogen-bond acceptors (Lipinski definition) is 13. The minimum Gasteiger partial charge on any atom is -0.387 e. The number of fused-ring (bicyclic) bond motifs is 1. The molecule has 20 nitrogen and oxygen atoms in total. The van der Waals surface area contributed by atoms with E-state index in [2.05, 4.69) is 33.3 Å². The van der Waals surface area contributed by atoms with Crippen molar-refractivity contribution in [1.82, 2.24) is 14.6 Å². The molecule has 0 spiro atoms. The smallest absolute Gasteiger partial charge is 0.387 e. The van der Waals surface area contributed by atoms with Crippen LogP contribution in [-0.4, -0.2) is 68.9 Å². The fourth-order valence-electron chi connectivity index (χ4n) is 3.33. The number of azide groups is 1. The number of aryl methyl sites for hydroxylation is 1. The molecule has 3 heterocycles. The molecule has 0 aromatic carbocycles. The van der Waals surface area contributed by atoms with Gasteiger partial charge in [0.15, 0.2) is 0 Å². The molecular formula is C13H16N7O13P3. The second kappa shape index (κ2) is 9.54. The van der Waals surface area contributed by atoms with Gasteiger partial charge in [-0.15, -0.1) is 0 Å². The van der Waals surface area contributed by atoms with Gasteiger partial charge in [0.1, 0.15) is 24.6 Å². The first-order chi connectivity index (χ1) is 16.5. The van der Waals surface area contributed by atoms with Crippen molar-refractivity contribution in [2.24, 2.45) is 5.11 Å². The molecule has 1 saturated heterocycles. The molecule has 196 valence electrons. The molecule has 0 bridgehead atoms. The number of nitrogens with zero attached hydrogens (tertiary/aromatic N) is 7. The number of phosphoric ester groups is 1. The molecule has 2 aromatic heterocycles. The molecule has 2 aromatic rings. The predicted octanol–water partition coefficient (Wildman–Crippen LogP) is -0.142. The molecule has 1 aliphatic heterocycles. The zero-order chi connectivity index (χ0) is 27.2. The molecule has 6 atom stereocenters. The molecule has 0 aliphatic carbocycles. The van der Waals surface area contributed by atoms with E-state index in [-0.39, 0.29) is 5.69 Å². The van der Waals surface area contributed by atoms with Crippen LogP contribution in [0.2, 0.25) is 0 Å². The number of hydrogen-bond donors (Lipinski definition) is 6. The van der Waals surface area contributed by atoms with Crippen molar-refractivity contribution in [2.75, 3.05) is 6.61 Å². The van der Waals surface area contributed by atoms with E-state index in [1.165, 1.54) is 12.1 Å². The van der Waals surface area contributed by atoms with Crippen LogP contribution >= 0.6 is 23.5 Å². The van der Waals surface area contributed by atoms with Gasteiger partial charge in [-0.3, -0.25) is 4.52 Å². The fraction of sp³-hybridized carbons (Fsp3) is 0.462. The Morgan fingerprint density at radius 3 is 2.47 bits per heavy atom. The quantitative estimate of drug-likeness (QED) is 0.0987. The molecule has 0 radical (unpaired) electrons. The number of rotatable bonds is 9. The largest absolute Gasteiger partial charge is 0.490 e. The highest BCUT2D eigenvalue weighted by Gasteiger charge is 2.65. The Bertz CT molecular complexity index is 1420. The molecule has 2 unspecified atom stereocenters. The second-order valence-corrected chi connectivity index (χ2v) is 11.5. The van der Waals surface area contributed by atoms with E-state index in [1.54, 1.807) is 13.0 Å². The van der Waals surface area contributed by atoms with Crippen LogP contribution in [0.1, 0.15) is 11.4 Å². The van der Waals surface area contributed by atoms with Crippen molar-refractivity contribution in [2.45, 2.75) is 30.5 Å². The number of phosphoric acid groups is 3. The van der Waals surface area contributed by atoms with E-state index in [1.807, 2.05) is 0 Å². The van der Waals surface area contributed by atoms with E-state index >= 15 is 0 Å². The topological polar surface area (TPSA) is 312 Å². The zero-order valence-corrected chi connectivity index (χ0v) is 20.3. The van der Waals surface area contributed by atoms with Gasteiger partial charge in [-0.1, -0.05) is 5.11 Å². The third kappa shape index (κ3) is 5.36. The number of ether oxygens (including phenoxy) is 1. The average Bonchev–Trinajstić information content (AvgIpc) is 3.26. The summed E-state index contributed by atoms with van der Waals surface area (Å²) in [6.07, 6.45) is -3.38. The van der Waals surface area contributed by atoms with Crippen molar-refractivity contribution in [3.8, 4) is 6.07 Å². The maximum atomic E-state index is 12.1. The normalized spacial score (nSPS) is 29.7. The Hall–Kier alpha value is -2.29. The first-order valence-corrected chi connectivity index (χ1v) is 13.7. The summed E-state index contributed by atoms with van der Waals surface area (Å²) in [7, 11) is -17.3. The maximum Gasteiger partial charge on any atom is 0.490 e. The van der Waals surface area contributed by atoms with Gasteiger partial charge < -0.3 is 34.5 Å². The summed E-state index contributed by atoms with van der Waals surface area (Å²) in [6, 6.07) is 4.37. The monoisotopic (exact) mass is 571 g/mol. The van der Waals surface area contributed by atoms with Crippen LogP contribution in [-0.2, 0) is 37.2 Å². The molecule has 23 heteroatoms. The molecular weight excluding hydrogens is 555 g/mol. The lowest BCUT2D eigenvalue weighted by molar-refractivity contribution is -0.129.